The lowest BCUT2D eigenvalue weighted by atomic mass is 10.2. The minimum Gasteiger partial charge on any atom is -0.380 e. The summed E-state index contributed by atoms with van der Waals surface area (Å²) in [7, 11) is 1.60. The number of nitrogens with zero attached hydrogens (tertiary/aromatic N) is 1. The molecule has 1 aromatic rings. The third-order valence-corrected chi connectivity index (χ3v) is 3.45. The molecule has 2 atom stereocenters. The van der Waals surface area contributed by atoms with E-state index in [-0.39, 0.29) is 28.8 Å². The topological polar surface area (TPSA) is 93.5 Å². The number of benzene rings is 1. The van der Waals surface area contributed by atoms with Crippen molar-refractivity contribution in [3.8, 4) is 0 Å². The number of anilines is 1. The third kappa shape index (κ3) is 3.24. The number of hydrogen-bond donors (Lipinski definition) is 2. The summed E-state index contributed by atoms with van der Waals surface area (Å²) in [5, 5.41) is 16.3. The van der Waals surface area contributed by atoms with E-state index in [9.17, 15) is 14.9 Å². The Bertz CT molecular complexity index is 537. The highest BCUT2D eigenvalue weighted by Crippen LogP contribution is 2.27. The van der Waals surface area contributed by atoms with E-state index in [1.807, 2.05) is 0 Å². The van der Waals surface area contributed by atoms with Crippen molar-refractivity contribution in [2.75, 3.05) is 19.0 Å². The van der Waals surface area contributed by atoms with Gasteiger partial charge in [0.05, 0.1) is 17.1 Å². The van der Waals surface area contributed by atoms with E-state index in [0.717, 1.165) is 0 Å². The Morgan fingerprint density at radius 1 is 1.60 bits per heavy atom. The lowest BCUT2D eigenvalue weighted by Gasteiger charge is -2.11. The molecule has 1 amide bonds. The van der Waals surface area contributed by atoms with Crippen molar-refractivity contribution in [1.82, 2.24) is 5.32 Å². The molecule has 20 heavy (non-hydrogen) atoms. The van der Waals surface area contributed by atoms with Crippen molar-refractivity contribution in [3.63, 3.8) is 0 Å². The molecule has 0 spiro atoms. The van der Waals surface area contributed by atoms with Crippen LogP contribution in [0.4, 0.5) is 11.4 Å². The first kappa shape index (κ1) is 14.7. The molecule has 1 fully saturated rings. The highest BCUT2D eigenvalue weighted by Gasteiger charge is 2.29. The number of methoxy groups -OCH3 is 1. The quantitative estimate of drug-likeness (QED) is 0.650. The predicted molar refractivity (Wildman–Crippen MR) is 73.9 cm³/mol. The van der Waals surface area contributed by atoms with Crippen molar-refractivity contribution in [2.45, 2.75) is 18.6 Å². The van der Waals surface area contributed by atoms with Crippen molar-refractivity contribution >= 4 is 28.9 Å². The molecule has 2 rings (SSSR count). The van der Waals surface area contributed by atoms with Gasteiger partial charge < -0.3 is 15.4 Å². The molecular weight excluding hydrogens is 286 g/mol. The summed E-state index contributed by atoms with van der Waals surface area (Å²) in [6.45, 7) is 0.621. The van der Waals surface area contributed by atoms with Crippen LogP contribution in [0.2, 0.25) is 5.02 Å². The summed E-state index contributed by atoms with van der Waals surface area (Å²) in [5.74, 6) is -0.213. The van der Waals surface area contributed by atoms with Crippen LogP contribution in [0.1, 0.15) is 6.42 Å². The number of nitro benzene ring substituents is 1. The number of hydrogen-bond acceptors (Lipinski definition) is 5. The second-order valence-corrected chi connectivity index (χ2v) is 4.87. The van der Waals surface area contributed by atoms with E-state index in [0.29, 0.717) is 18.7 Å². The van der Waals surface area contributed by atoms with Crippen molar-refractivity contribution in [2.24, 2.45) is 0 Å². The monoisotopic (exact) mass is 299 g/mol. The third-order valence-electron chi connectivity index (χ3n) is 3.15. The zero-order valence-corrected chi connectivity index (χ0v) is 11.5. The molecule has 1 saturated heterocycles. The molecule has 0 radical (unpaired) electrons. The molecule has 0 aromatic heterocycles. The SMILES string of the molecule is COC1CNC(C(=O)Nc2ccc([N+](=O)[O-])c(Cl)c2)C1. The summed E-state index contributed by atoms with van der Waals surface area (Å²) in [4.78, 5) is 22.1. The van der Waals surface area contributed by atoms with Crippen molar-refractivity contribution in [3.05, 3.63) is 33.3 Å². The first-order chi connectivity index (χ1) is 9.51. The summed E-state index contributed by atoms with van der Waals surface area (Å²) in [6.07, 6.45) is 0.606. The molecule has 8 heteroatoms. The van der Waals surface area contributed by atoms with Gasteiger partial charge >= 0.3 is 0 Å². The number of halogens is 1. The van der Waals surface area contributed by atoms with Gasteiger partial charge in [0, 0.05) is 25.4 Å². The largest absolute Gasteiger partial charge is 0.380 e. The maximum Gasteiger partial charge on any atom is 0.288 e. The van der Waals surface area contributed by atoms with Crippen LogP contribution >= 0.6 is 11.6 Å². The molecule has 108 valence electrons. The molecule has 1 aliphatic rings. The van der Waals surface area contributed by atoms with Gasteiger partial charge in [0.1, 0.15) is 5.02 Å². The zero-order valence-electron chi connectivity index (χ0n) is 10.8. The highest BCUT2D eigenvalue weighted by atomic mass is 35.5. The summed E-state index contributed by atoms with van der Waals surface area (Å²) in [6, 6.07) is 3.73. The van der Waals surface area contributed by atoms with Gasteiger partial charge in [-0.05, 0) is 18.6 Å². The van der Waals surface area contributed by atoms with E-state index in [2.05, 4.69) is 10.6 Å². The number of carbonyl (C=O) groups excluding carboxylic acids is 1. The van der Waals surface area contributed by atoms with Gasteiger partial charge in [-0.3, -0.25) is 14.9 Å². The van der Waals surface area contributed by atoms with Crippen molar-refractivity contribution < 1.29 is 14.5 Å². The maximum absolute atomic E-state index is 12.0. The minimum atomic E-state index is -0.574. The second-order valence-electron chi connectivity index (χ2n) is 4.47. The molecule has 0 bridgehead atoms. The van der Waals surface area contributed by atoms with Gasteiger partial charge in [-0.1, -0.05) is 11.6 Å². The Hall–Kier alpha value is -1.70. The predicted octanol–water partition coefficient (Wildman–Crippen LogP) is 1.56. The molecule has 2 N–H and O–H groups in total. The fourth-order valence-corrected chi connectivity index (χ4v) is 2.29. The van der Waals surface area contributed by atoms with Crippen LogP contribution in [-0.4, -0.2) is 36.6 Å². The van der Waals surface area contributed by atoms with Gasteiger partial charge in [-0.2, -0.15) is 0 Å². The smallest absolute Gasteiger partial charge is 0.288 e. The number of nitrogens with one attached hydrogen (secondary N) is 2. The molecule has 0 saturated carbocycles. The first-order valence-electron chi connectivity index (χ1n) is 6.02. The molecule has 0 aliphatic carbocycles. The van der Waals surface area contributed by atoms with Crippen LogP contribution in [0.25, 0.3) is 0 Å². The Kier molecular flexibility index (Phi) is 4.53. The Labute approximate surface area is 120 Å². The summed E-state index contributed by atoms with van der Waals surface area (Å²) >= 11 is 5.78. The number of carbonyl (C=O) groups is 1. The normalized spacial score (nSPS) is 21.7. The summed E-state index contributed by atoms with van der Waals surface area (Å²) in [5.41, 5.74) is 0.233. The second kappa shape index (κ2) is 6.17. The number of amides is 1. The van der Waals surface area contributed by atoms with E-state index in [4.69, 9.17) is 16.3 Å². The van der Waals surface area contributed by atoms with Gasteiger partial charge in [0.2, 0.25) is 5.91 Å². The number of ether oxygens (including phenoxy) is 1. The molecule has 1 aliphatic heterocycles. The van der Waals surface area contributed by atoms with E-state index < -0.39 is 4.92 Å². The van der Waals surface area contributed by atoms with E-state index in [1.54, 1.807) is 7.11 Å². The lowest BCUT2D eigenvalue weighted by molar-refractivity contribution is -0.384. The fourth-order valence-electron chi connectivity index (χ4n) is 2.04. The van der Waals surface area contributed by atoms with Crippen molar-refractivity contribution in [1.29, 1.82) is 0 Å². The number of nitro groups is 1. The van der Waals surface area contributed by atoms with E-state index in [1.165, 1.54) is 18.2 Å². The Balaban J connectivity index is 2.02. The Morgan fingerprint density at radius 3 is 2.90 bits per heavy atom. The van der Waals surface area contributed by atoms with Crippen LogP contribution in [0.5, 0.6) is 0 Å². The van der Waals surface area contributed by atoms with Crippen LogP contribution in [0.3, 0.4) is 0 Å². The molecular formula is C12H14ClN3O4. The lowest BCUT2D eigenvalue weighted by Crippen LogP contribution is -2.35. The van der Waals surface area contributed by atoms with Crippen LogP contribution in [-0.2, 0) is 9.53 Å². The standard InChI is InChI=1S/C12H14ClN3O4/c1-20-8-5-10(14-6-8)12(17)15-7-2-3-11(16(18)19)9(13)4-7/h2-4,8,10,14H,5-6H2,1H3,(H,15,17). The van der Waals surface area contributed by atoms with Gasteiger partial charge in [-0.25, -0.2) is 0 Å². The zero-order chi connectivity index (χ0) is 14.7. The van der Waals surface area contributed by atoms with Crippen LogP contribution in [0, 0.1) is 10.1 Å². The molecule has 1 heterocycles. The van der Waals surface area contributed by atoms with Crippen LogP contribution in [0.15, 0.2) is 18.2 Å². The highest BCUT2D eigenvalue weighted by molar-refractivity contribution is 6.33. The van der Waals surface area contributed by atoms with Gasteiger partial charge in [0.15, 0.2) is 0 Å². The average molecular weight is 300 g/mol. The van der Waals surface area contributed by atoms with Gasteiger partial charge in [0.25, 0.3) is 5.69 Å². The maximum atomic E-state index is 12.0. The Morgan fingerprint density at radius 2 is 2.35 bits per heavy atom. The van der Waals surface area contributed by atoms with Gasteiger partial charge in [-0.15, -0.1) is 0 Å². The molecule has 1 aromatic carbocycles. The first-order valence-corrected chi connectivity index (χ1v) is 6.40. The summed E-state index contributed by atoms with van der Waals surface area (Å²) < 4.78 is 5.16. The average Bonchev–Trinajstić information content (AvgIpc) is 2.87. The van der Waals surface area contributed by atoms with Crippen LogP contribution < -0.4 is 10.6 Å². The number of rotatable bonds is 4. The van der Waals surface area contributed by atoms with E-state index >= 15 is 0 Å². The minimum absolute atomic E-state index is 0.0121. The molecule has 7 nitrogen and oxygen atoms in total. The fraction of sp³-hybridized carbons (Fsp3) is 0.417. The molecule has 2 unspecified atom stereocenters.